The zero-order chi connectivity index (χ0) is 23.2. The summed E-state index contributed by atoms with van der Waals surface area (Å²) in [6.45, 7) is 5.24. The van der Waals surface area contributed by atoms with Gasteiger partial charge in [0.1, 0.15) is 11.5 Å². The maximum absolute atomic E-state index is 13.1. The molecule has 2 rings (SSSR count). The van der Waals surface area contributed by atoms with Crippen LogP contribution in [0.25, 0.3) is 0 Å². The summed E-state index contributed by atoms with van der Waals surface area (Å²) in [5, 5.41) is 5.06. The molecule has 0 radical (unpaired) electrons. The fourth-order valence-electron chi connectivity index (χ4n) is 2.45. The fourth-order valence-corrected chi connectivity index (χ4v) is 2.45. The van der Waals surface area contributed by atoms with Gasteiger partial charge in [-0.05, 0) is 30.3 Å². The molecular weight excluding hydrogens is 413 g/mol. The van der Waals surface area contributed by atoms with Crippen molar-refractivity contribution in [2.24, 2.45) is 5.41 Å². The summed E-state index contributed by atoms with van der Waals surface area (Å²) in [6, 6.07) is 9.33. The van der Waals surface area contributed by atoms with Crippen LogP contribution in [0.1, 0.15) is 32.8 Å². The van der Waals surface area contributed by atoms with Crippen LogP contribution in [0.4, 0.5) is 18.9 Å². The number of hydrogen-bond donors (Lipinski definition) is 2. The molecule has 168 valence electrons. The standard InChI is InChI=1S/C22H25F3N2O4/c1-21(2,3)20(29)26-11-10-19(28)27-17-12-14(22(23,24)25)8-9-18(17)31-16-7-5-6-15(13-16)30-4/h5-9,12-13H,10-11H2,1-4H3,(H,26,29)(H,27,28). The third kappa shape index (κ3) is 7.20. The van der Waals surface area contributed by atoms with Crippen molar-refractivity contribution in [1.82, 2.24) is 5.32 Å². The van der Waals surface area contributed by atoms with E-state index in [1.54, 1.807) is 45.0 Å². The molecule has 0 heterocycles. The van der Waals surface area contributed by atoms with Crippen LogP contribution in [0.5, 0.6) is 17.2 Å². The molecular formula is C22H25F3N2O4. The number of halogens is 3. The van der Waals surface area contributed by atoms with Gasteiger partial charge in [-0.25, -0.2) is 0 Å². The number of alkyl halides is 3. The molecule has 0 unspecified atom stereocenters. The van der Waals surface area contributed by atoms with Crippen molar-refractivity contribution in [3.05, 3.63) is 48.0 Å². The topological polar surface area (TPSA) is 76.7 Å². The van der Waals surface area contributed by atoms with Crippen LogP contribution in [0.3, 0.4) is 0 Å². The van der Waals surface area contributed by atoms with Crippen molar-refractivity contribution in [2.75, 3.05) is 19.0 Å². The second-order valence-electron chi connectivity index (χ2n) is 7.79. The molecule has 0 saturated heterocycles. The Labute approximate surface area is 178 Å². The lowest BCUT2D eigenvalue weighted by molar-refractivity contribution is -0.137. The van der Waals surface area contributed by atoms with Gasteiger partial charge in [0.15, 0.2) is 5.75 Å². The van der Waals surface area contributed by atoms with Gasteiger partial charge in [-0.15, -0.1) is 0 Å². The minimum Gasteiger partial charge on any atom is -0.497 e. The van der Waals surface area contributed by atoms with E-state index in [2.05, 4.69) is 10.6 Å². The number of hydrogen-bond acceptors (Lipinski definition) is 4. The van der Waals surface area contributed by atoms with Crippen LogP contribution < -0.4 is 20.1 Å². The Balaban J connectivity index is 2.18. The maximum atomic E-state index is 13.1. The van der Waals surface area contributed by atoms with E-state index in [-0.39, 0.29) is 30.3 Å². The van der Waals surface area contributed by atoms with Crippen molar-refractivity contribution in [3.8, 4) is 17.2 Å². The average molecular weight is 438 g/mol. The third-order valence-electron chi connectivity index (χ3n) is 4.17. The summed E-state index contributed by atoms with van der Waals surface area (Å²) in [4.78, 5) is 24.2. The van der Waals surface area contributed by atoms with Crippen LogP contribution in [-0.2, 0) is 15.8 Å². The summed E-state index contributed by atoms with van der Waals surface area (Å²) in [6.07, 6.45) is -4.70. The lowest BCUT2D eigenvalue weighted by Gasteiger charge is -2.18. The SMILES string of the molecule is COc1cccc(Oc2ccc(C(F)(F)F)cc2NC(=O)CCNC(=O)C(C)(C)C)c1. The second-order valence-corrected chi connectivity index (χ2v) is 7.79. The van der Waals surface area contributed by atoms with Gasteiger partial charge in [0.05, 0.1) is 18.4 Å². The van der Waals surface area contributed by atoms with Crippen LogP contribution in [0.2, 0.25) is 0 Å². The van der Waals surface area contributed by atoms with Crippen molar-refractivity contribution in [1.29, 1.82) is 0 Å². The first kappa shape index (κ1) is 24.0. The highest BCUT2D eigenvalue weighted by Crippen LogP contribution is 2.37. The largest absolute Gasteiger partial charge is 0.497 e. The average Bonchev–Trinajstić information content (AvgIpc) is 2.67. The zero-order valence-corrected chi connectivity index (χ0v) is 17.7. The van der Waals surface area contributed by atoms with Gasteiger partial charge in [0.25, 0.3) is 0 Å². The van der Waals surface area contributed by atoms with Crippen LogP contribution in [0, 0.1) is 5.41 Å². The van der Waals surface area contributed by atoms with Crippen molar-refractivity contribution >= 4 is 17.5 Å². The molecule has 0 atom stereocenters. The Morgan fingerprint density at radius 3 is 2.29 bits per heavy atom. The van der Waals surface area contributed by atoms with E-state index in [9.17, 15) is 22.8 Å². The van der Waals surface area contributed by atoms with Gasteiger partial charge in [0, 0.05) is 24.4 Å². The molecule has 2 aromatic rings. The molecule has 0 aliphatic rings. The predicted octanol–water partition coefficient (Wildman–Crippen LogP) is 5.00. The Morgan fingerprint density at radius 2 is 1.68 bits per heavy atom. The Bertz CT molecular complexity index is 937. The molecule has 31 heavy (non-hydrogen) atoms. The predicted molar refractivity (Wildman–Crippen MR) is 110 cm³/mol. The molecule has 0 aliphatic carbocycles. The number of amides is 2. The molecule has 0 saturated carbocycles. The highest BCUT2D eigenvalue weighted by molar-refractivity contribution is 5.93. The number of anilines is 1. The molecule has 2 amide bonds. The molecule has 0 spiro atoms. The Hall–Kier alpha value is -3.23. The van der Waals surface area contributed by atoms with Crippen LogP contribution in [-0.4, -0.2) is 25.5 Å². The number of methoxy groups -OCH3 is 1. The zero-order valence-electron chi connectivity index (χ0n) is 17.7. The number of carbonyl (C=O) groups is 2. The molecule has 0 aliphatic heterocycles. The molecule has 2 N–H and O–H groups in total. The summed E-state index contributed by atoms with van der Waals surface area (Å²) in [5.74, 6) is 0.0652. The maximum Gasteiger partial charge on any atom is 0.416 e. The molecule has 0 aromatic heterocycles. The first-order chi connectivity index (χ1) is 14.4. The number of nitrogens with one attached hydrogen (secondary N) is 2. The van der Waals surface area contributed by atoms with E-state index in [1.165, 1.54) is 7.11 Å². The number of carbonyl (C=O) groups excluding carboxylic acids is 2. The quantitative estimate of drug-likeness (QED) is 0.638. The van der Waals surface area contributed by atoms with E-state index in [0.29, 0.717) is 11.5 Å². The summed E-state index contributed by atoms with van der Waals surface area (Å²) < 4.78 is 50.2. The second kappa shape index (κ2) is 9.72. The lowest BCUT2D eigenvalue weighted by atomic mass is 9.96. The first-order valence-electron chi connectivity index (χ1n) is 9.51. The number of benzene rings is 2. The first-order valence-corrected chi connectivity index (χ1v) is 9.51. The third-order valence-corrected chi connectivity index (χ3v) is 4.17. The van der Waals surface area contributed by atoms with E-state index >= 15 is 0 Å². The van der Waals surface area contributed by atoms with Crippen LogP contribution in [0.15, 0.2) is 42.5 Å². The highest BCUT2D eigenvalue weighted by Gasteiger charge is 2.31. The fraction of sp³-hybridized carbons (Fsp3) is 0.364. The molecule has 9 heteroatoms. The van der Waals surface area contributed by atoms with Gasteiger partial charge < -0.3 is 20.1 Å². The van der Waals surface area contributed by atoms with Crippen molar-refractivity contribution < 1.29 is 32.2 Å². The van der Waals surface area contributed by atoms with Gasteiger partial charge in [-0.1, -0.05) is 26.8 Å². The van der Waals surface area contributed by atoms with Gasteiger partial charge >= 0.3 is 6.18 Å². The monoisotopic (exact) mass is 438 g/mol. The van der Waals surface area contributed by atoms with E-state index in [4.69, 9.17) is 9.47 Å². The highest BCUT2D eigenvalue weighted by atomic mass is 19.4. The van der Waals surface area contributed by atoms with Gasteiger partial charge in [-0.2, -0.15) is 13.2 Å². The Morgan fingerprint density at radius 1 is 1.00 bits per heavy atom. The van der Waals surface area contributed by atoms with Gasteiger partial charge in [0.2, 0.25) is 11.8 Å². The summed E-state index contributed by atoms with van der Waals surface area (Å²) in [7, 11) is 1.47. The molecule has 0 fully saturated rings. The minimum atomic E-state index is -4.59. The minimum absolute atomic E-state index is 0.0355. The molecule has 0 bridgehead atoms. The van der Waals surface area contributed by atoms with Crippen LogP contribution >= 0.6 is 0 Å². The van der Waals surface area contributed by atoms with E-state index in [0.717, 1.165) is 18.2 Å². The summed E-state index contributed by atoms with van der Waals surface area (Å²) in [5.41, 5.74) is -1.68. The Kier molecular flexibility index (Phi) is 7.54. The van der Waals surface area contributed by atoms with Crippen molar-refractivity contribution in [2.45, 2.75) is 33.4 Å². The van der Waals surface area contributed by atoms with Crippen molar-refractivity contribution in [3.63, 3.8) is 0 Å². The van der Waals surface area contributed by atoms with Gasteiger partial charge in [-0.3, -0.25) is 9.59 Å². The van der Waals surface area contributed by atoms with E-state index in [1.807, 2.05) is 0 Å². The summed E-state index contributed by atoms with van der Waals surface area (Å²) >= 11 is 0. The number of ether oxygens (including phenoxy) is 2. The molecule has 2 aromatic carbocycles. The lowest BCUT2D eigenvalue weighted by Crippen LogP contribution is -2.36. The van der Waals surface area contributed by atoms with E-state index < -0.39 is 23.1 Å². The number of rotatable bonds is 7. The normalized spacial score (nSPS) is 11.6. The smallest absolute Gasteiger partial charge is 0.416 e. The molecule has 6 nitrogen and oxygen atoms in total.